The van der Waals surface area contributed by atoms with Gasteiger partial charge >= 0.3 is 0 Å². The molecule has 0 saturated carbocycles. The molecule has 0 spiro atoms. The zero-order valence-corrected chi connectivity index (χ0v) is 10.0. The van der Waals surface area contributed by atoms with Crippen LogP contribution in [0.1, 0.15) is 20.8 Å². The number of sulfonamides is 1. The van der Waals surface area contributed by atoms with E-state index in [0.717, 1.165) is 12.1 Å². The van der Waals surface area contributed by atoms with Crippen molar-refractivity contribution in [2.24, 2.45) is 0 Å². The number of halogens is 2. The normalized spacial score (nSPS) is 12.8. The van der Waals surface area contributed by atoms with Gasteiger partial charge in [0.15, 0.2) is 0 Å². The number of rotatable bonds is 2. The second-order valence-corrected chi connectivity index (χ2v) is 6.08. The van der Waals surface area contributed by atoms with E-state index < -0.39 is 32.1 Å². The van der Waals surface area contributed by atoms with Crippen molar-refractivity contribution in [1.29, 1.82) is 0 Å². The Labute approximate surface area is 93.5 Å². The molecule has 0 heterocycles. The lowest BCUT2D eigenvalue weighted by Crippen LogP contribution is -2.40. The average Bonchev–Trinajstić information content (AvgIpc) is 1.97. The molecule has 1 N–H and O–H groups in total. The van der Waals surface area contributed by atoms with Crippen molar-refractivity contribution in [1.82, 2.24) is 4.72 Å². The van der Waals surface area contributed by atoms with Crippen LogP contribution in [0.15, 0.2) is 23.1 Å². The van der Waals surface area contributed by atoms with Crippen molar-refractivity contribution >= 4 is 10.0 Å². The molecule has 0 aliphatic carbocycles. The molecule has 3 nitrogen and oxygen atoms in total. The highest BCUT2D eigenvalue weighted by molar-refractivity contribution is 7.89. The van der Waals surface area contributed by atoms with Crippen LogP contribution in [-0.4, -0.2) is 14.0 Å². The Morgan fingerprint density at radius 2 is 1.75 bits per heavy atom. The molecule has 0 amide bonds. The van der Waals surface area contributed by atoms with Gasteiger partial charge in [-0.2, -0.15) is 0 Å². The van der Waals surface area contributed by atoms with E-state index in [4.69, 9.17) is 0 Å². The van der Waals surface area contributed by atoms with Crippen LogP contribution >= 0.6 is 0 Å². The van der Waals surface area contributed by atoms with Crippen molar-refractivity contribution in [2.75, 3.05) is 0 Å². The van der Waals surface area contributed by atoms with Crippen LogP contribution in [0.4, 0.5) is 8.78 Å². The average molecular weight is 249 g/mol. The van der Waals surface area contributed by atoms with Gasteiger partial charge in [0.2, 0.25) is 10.0 Å². The maximum Gasteiger partial charge on any atom is 0.243 e. The predicted octanol–water partition coefficient (Wildman–Crippen LogP) is 2.04. The predicted molar refractivity (Wildman–Crippen MR) is 56.4 cm³/mol. The summed E-state index contributed by atoms with van der Waals surface area (Å²) < 4.78 is 51.6. The minimum atomic E-state index is -3.96. The molecule has 6 heteroatoms. The van der Waals surface area contributed by atoms with Crippen LogP contribution < -0.4 is 4.72 Å². The molecule has 0 atom stereocenters. The first kappa shape index (κ1) is 13.1. The van der Waals surface area contributed by atoms with E-state index in [0.29, 0.717) is 6.07 Å². The Morgan fingerprint density at radius 1 is 1.19 bits per heavy atom. The van der Waals surface area contributed by atoms with E-state index in [2.05, 4.69) is 4.72 Å². The zero-order valence-electron chi connectivity index (χ0n) is 9.21. The third-order valence-electron chi connectivity index (χ3n) is 1.62. The molecule has 16 heavy (non-hydrogen) atoms. The monoisotopic (exact) mass is 249 g/mol. The fraction of sp³-hybridized carbons (Fsp3) is 0.400. The largest absolute Gasteiger partial charge is 0.243 e. The first-order valence-electron chi connectivity index (χ1n) is 4.61. The zero-order chi connectivity index (χ0) is 12.6. The molecule has 1 aromatic rings. The summed E-state index contributed by atoms with van der Waals surface area (Å²) in [5.74, 6) is -1.91. The van der Waals surface area contributed by atoms with Crippen LogP contribution in [-0.2, 0) is 10.0 Å². The SMILES string of the molecule is CC(C)(C)NS(=O)(=O)c1ccc(F)cc1F. The summed E-state index contributed by atoms with van der Waals surface area (Å²) in [6.07, 6.45) is 0. The van der Waals surface area contributed by atoms with Gasteiger partial charge in [0.1, 0.15) is 16.5 Å². The van der Waals surface area contributed by atoms with Crippen molar-refractivity contribution in [3.05, 3.63) is 29.8 Å². The Kier molecular flexibility index (Phi) is 3.35. The van der Waals surface area contributed by atoms with E-state index in [1.54, 1.807) is 20.8 Å². The van der Waals surface area contributed by atoms with Crippen molar-refractivity contribution in [3.8, 4) is 0 Å². The number of hydrogen-bond acceptors (Lipinski definition) is 2. The molecular weight excluding hydrogens is 236 g/mol. The lowest BCUT2D eigenvalue weighted by atomic mass is 10.1. The van der Waals surface area contributed by atoms with Crippen LogP contribution in [0, 0.1) is 11.6 Å². The molecular formula is C10H13F2NO2S. The van der Waals surface area contributed by atoms with Crippen LogP contribution in [0.2, 0.25) is 0 Å². The molecule has 0 aromatic heterocycles. The number of nitrogens with one attached hydrogen (secondary N) is 1. The van der Waals surface area contributed by atoms with Crippen molar-refractivity contribution in [3.63, 3.8) is 0 Å². The summed E-state index contributed by atoms with van der Waals surface area (Å²) in [5.41, 5.74) is -0.723. The summed E-state index contributed by atoms with van der Waals surface area (Å²) >= 11 is 0. The standard InChI is InChI=1S/C10H13F2NO2S/c1-10(2,3)13-16(14,15)9-5-4-7(11)6-8(9)12/h4-6,13H,1-3H3. The van der Waals surface area contributed by atoms with Gasteiger partial charge in [0.05, 0.1) is 0 Å². The molecule has 1 aromatic carbocycles. The van der Waals surface area contributed by atoms with Gasteiger partial charge in [-0.05, 0) is 32.9 Å². The molecule has 0 saturated heterocycles. The molecule has 1 rings (SSSR count). The molecule has 0 fully saturated rings. The van der Waals surface area contributed by atoms with Crippen LogP contribution in [0.5, 0.6) is 0 Å². The van der Waals surface area contributed by atoms with E-state index in [1.165, 1.54) is 0 Å². The lowest BCUT2D eigenvalue weighted by Gasteiger charge is -2.20. The molecule has 0 unspecified atom stereocenters. The second kappa shape index (κ2) is 4.10. The Morgan fingerprint density at radius 3 is 2.19 bits per heavy atom. The van der Waals surface area contributed by atoms with Gasteiger partial charge < -0.3 is 0 Å². The summed E-state index contributed by atoms with van der Waals surface area (Å²) in [6, 6.07) is 2.34. The molecule has 0 aliphatic heterocycles. The number of hydrogen-bond donors (Lipinski definition) is 1. The van der Waals surface area contributed by atoms with E-state index in [1.807, 2.05) is 0 Å². The molecule has 0 radical (unpaired) electrons. The van der Waals surface area contributed by atoms with Gasteiger partial charge in [-0.15, -0.1) is 0 Å². The minimum absolute atomic E-state index is 0.539. The fourth-order valence-electron chi connectivity index (χ4n) is 1.15. The fourth-order valence-corrected chi connectivity index (χ4v) is 2.63. The second-order valence-electron chi connectivity index (χ2n) is 4.43. The summed E-state index contributed by atoms with van der Waals surface area (Å²) in [6.45, 7) is 4.89. The van der Waals surface area contributed by atoms with E-state index >= 15 is 0 Å². The van der Waals surface area contributed by atoms with E-state index in [9.17, 15) is 17.2 Å². The summed E-state index contributed by atoms with van der Waals surface area (Å²) in [4.78, 5) is -0.552. The first-order chi connectivity index (χ1) is 7.12. The maximum atomic E-state index is 13.3. The summed E-state index contributed by atoms with van der Waals surface area (Å²) in [7, 11) is -3.96. The highest BCUT2D eigenvalue weighted by atomic mass is 32.2. The number of benzene rings is 1. The topological polar surface area (TPSA) is 46.2 Å². The Hall–Kier alpha value is -1.01. The smallest absolute Gasteiger partial charge is 0.207 e. The quantitative estimate of drug-likeness (QED) is 0.871. The third kappa shape index (κ3) is 3.24. The van der Waals surface area contributed by atoms with Gasteiger partial charge in [-0.25, -0.2) is 21.9 Å². The maximum absolute atomic E-state index is 13.3. The van der Waals surface area contributed by atoms with Gasteiger partial charge in [-0.3, -0.25) is 0 Å². The van der Waals surface area contributed by atoms with Gasteiger partial charge in [-0.1, -0.05) is 0 Å². The van der Waals surface area contributed by atoms with Gasteiger partial charge in [0.25, 0.3) is 0 Å². The van der Waals surface area contributed by atoms with Crippen LogP contribution in [0.25, 0.3) is 0 Å². The first-order valence-corrected chi connectivity index (χ1v) is 6.09. The highest BCUT2D eigenvalue weighted by Crippen LogP contribution is 2.17. The minimum Gasteiger partial charge on any atom is -0.207 e. The highest BCUT2D eigenvalue weighted by Gasteiger charge is 2.24. The van der Waals surface area contributed by atoms with Crippen molar-refractivity contribution < 1.29 is 17.2 Å². The molecule has 0 bridgehead atoms. The summed E-state index contributed by atoms with van der Waals surface area (Å²) in [5, 5.41) is 0. The Balaban J connectivity index is 3.18. The third-order valence-corrected chi connectivity index (χ3v) is 3.42. The lowest BCUT2D eigenvalue weighted by molar-refractivity contribution is 0.485. The van der Waals surface area contributed by atoms with Crippen molar-refractivity contribution in [2.45, 2.75) is 31.2 Å². The van der Waals surface area contributed by atoms with E-state index in [-0.39, 0.29) is 0 Å². The Bertz CT molecular complexity index is 492. The molecule has 0 aliphatic rings. The molecule has 90 valence electrons. The van der Waals surface area contributed by atoms with Gasteiger partial charge in [0, 0.05) is 11.6 Å². The van der Waals surface area contributed by atoms with Crippen LogP contribution in [0.3, 0.4) is 0 Å².